The minimum atomic E-state index is -0.381. The smallest absolute Gasteiger partial charge is 0.235 e. The van der Waals surface area contributed by atoms with Gasteiger partial charge in [-0.2, -0.15) is 11.8 Å². The third-order valence-electron chi connectivity index (χ3n) is 4.43. The number of anilines is 2. The van der Waals surface area contributed by atoms with Crippen molar-refractivity contribution in [2.24, 2.45) is 5.92 Å². The number of benzene rings is 1. The summed E-state index contributed by atoms with van der Waals surface area (Å²) in [6, 6.07) is 7.75. The lowest BCUT2D eigenvalue weighted by Gasteiger charge is -2.16. The molecule has 0 bridgehead atoms. The standard InChI is InChI=1S/C17H17N3O3S/c1-10-2-4-12(5-3-10)20-7-11(6-15(20)21)16(22)18-17-13-8-24-9-14(13)19-23-17/h2-5,11H,6-9H2,1H3,(H,18,22). The molecule has 2 aliphatic heterocycles. The van der Waals surface area contributed by atoms with Crippen LogP contribution < -0.4 is 10.2 Å². The first kappa shape index (κ1) is 15.3. The van der Waals surface area contributed by atoms with Crippen LogP contribution >= 0.6 is 11.8 Å². The first-order valence-corrected chi connectivity index (χ1v) is 9.00. The van der Waals surface area contributed by atoms with Gasteiger partial charge in [0.05, 0.1) is 17.2 Å². The lowest BCUT2D eigenvalue weighted by atomic mass is 10.1. The summed E-state index contributed by atoms with van der Waals surface area (Å²) in [7, 11) is 0. The molecule has 1 fully saturated rings. The number of rotatable bonds is 3. The summed E-state index contributed by atoms with van der Waals surface area (Å²) in [5, 5.41) is 6.78. The third-order valence-corrected chi connectivity index (χ3v) is 5.40. The van der Waals surface area contributed by atoms with E-state index in [0.717, 1.165) is 34.0 Å². The van der Waals surface area contributed by atoms with Crippen LogP contribution in [0, 0.1) is 12.8 Å². The zero-order valence-corrected chi connectivity index (χ0v) is 14.1. The fourth-order valence-corrected chi connectivity index (χ4v) is 4.05. The van der Waals surface area contributed by atoms with Crippen molar-refractivity contribution in [2.75, 3.05) is 16.8 Å². The van der Waals surface area contributed by atoms with Crippen molar-refractivity contribution in [3.63, 3.8) is 0 Å². The number of nitrogens with one attached hydrogen (secondary N) is 1. The highest BCUT2D eigenvalue weighted by molar-refractivity contribution is 7.98. The molecule has 1 aromatic heterocycles. The van der Waals surface area contributed by atoms with Gasteiger partial charge in [0.1, 0.15) is 0 Å². The fourth-order valence-electron chi connectivity index (χ4n) is 3.02. The predicted octanol–water partition coefficient (Wildman–Crippen LogP) is 2.72. The van der Waals surface area contributed by atoms with Gasteiger partial charge in [-0.15, -0.1) is 0 Å². The Labute approximate surface area is 143 Å². The van der Waals surface area contributed by atoms with E-state index in [4.69, 9.17) is 4.52 Å². The van der Waals surface area contributed by atoms with E-state index in [0.29, 0.717) is 12.4 Å². The maximum Gasteiger partial charge on any atom is 0.235 e. The molecule has 1 N–H and O–H groups in total. The normalized spacial score (nSPS) is 19.6. The maximum absolute atomic E-state index is 12.5. The van der Waals surface area contributed by atoms with Crippen LogP contribution in [0.4, 0.5) is 11.6 Å². The van der Waals surface area contributed by atoms with Crippen molar-refractivity contribution in [3.8, 4) is 0 Å². The highest BCUT2D eigenvalue weighted by atomic mass is 32.2. The largest absolute Gasteiger partial charge is 0.338 e. The average molecular weight is 343 g/mol. The molecule has 1 saturated heterocycles. The van der Waals surface area contributed by atoms with Gasteiger partial charge in [-0.1, -0.05) is 22.9 Å². The number of amides is 2. The molecule has 1 unspecified atom stereocenters. The van der Waals surface area contributed by atoms with Crippen molar-refractivity contribution >= 4 is 35.1 Å². The first-order valence-electron chi connectivity index (χ1n) is 7.85. The Morgan fingerprint density at radius 3 is 2.92 bits per heavy atom. The van der Waals surface area contributed by atoms with Crippen molar-refractivity contribution < 1.29 is 14.1 Å². The molecule has 0 radical (unpaired) electrons. The van der Waals surface area contributed by atoms with Gasteiger partial charge in [-0.3, -0.25) is 14.9 Å². The van der Waals surface area contributed by atoms with Crippen molar-refractivity contribution in [1.82, 2.24) is 5.16 Å². The van der Waals surface area contributed by atoms with E-state index in [1.807, 2.05) is 31.2 Å². The van der Waals surface area contributed by atoms with Crippen LogP contribution in [-0.2, 0) is 21.1 Å². The molecule has 6 nitrogen and oxygen atoms in total. The Morgan fingerprint density at radius 2 is 2.12 bits per heavy atom. The van der Waals surface area contributed by atoms with Gasteiger partial charge in [0.15, 0.2) is 0 Å². The van der Waals surface area contributed by atoms with Crippen LogP contribution in [0.1, 0.15) is 23.2 Å². The van der Waals surface area contributed by atoms with Crippen LogP contribution in [0.2, 0.25) is 0 Å². The van der Waals surface area contributed by atoms with Crippen molar-refractivity contribution in [3.05, 3.63) is 41.1 Å². The van der Waals surface area contributed by atoms with Gasteiger partial charge in [0.2, 0.25) is 17.7 Å². The quantitative estimate of drug-likeness (QED) is 0.927. The second-order valence-corrected chi connectivity index (χ2v) is 7.15. The molecule has 1 aromatic carbocycles. The molecule has 2 aromatic rings. The van der Waals surface area contributed by atoms with Crippen LogP contribution in [0.5, 0.6) is 0 Å². The van der Waals surface area contributed by atoms with Crippen molar-refractivity contribution in [1.29, 1.82) is 0 Å². The van der Waals surface area contributed by atoms with Gasteiger partial charge in [0, 0.05) is 30.2 Å². The number of carbonyl (C=O) groups is 2. The number of aryl methyl sites for hydroxylation is 1. The minimum absolute atomic E-state index is 0.0302. The number of hydrogen-bond acceptors (Lipinski definition) is 5. The maximum atomic E-state index is 12.5. The molecule has 2 amide bonds. The number of nitrogens with zero attached hydrogens (tertiary/aromatic N) is 2. The molecule has 1 atom stereocenters. The average Bonchev–Trinajstić information content (AvgIpc) is 3.25. The van der Waals surface area contributed by atoms with Gasteiger partial charge in [0.25, 0.3) is 0 Å². The van der Waals surface area contributed by atoms with E-state index < -0.39 is 0 Å². The Bertz CT molecular complexity index is 800. The number of aromatic nitrogens is 1. The highest BCUT2D eigenvalue weighted by Crippen LogP contribution is 2.35. The van der Waals surface area contributed by atoms with E-state index in [9.17, 15) is 9.59 Å². The first-order chi connectivity index (χ1) is 11.6. The summed E-state index contributed by atoms with van der Waals surface area (Å²) in [4.78, 5) is 26.4. The molecule has 2 aliphatic rings. The molecular weight excluding hydrogens is 326 g/mol. The van der Waals surface area contributed by atoms with E-state index >= 15 is 0 Å². The molecule has 124 valence electrons. The molecule has 24 heavy (non-hydrogen) atoms. The van der Waals surface area contributed by atoms with E-state index in [-0.39, 0.29) is 24.2 Å². The predicted molar refractivity (Wildman–Crippen MR) is 91.8 cm³/mol. The second-order valence-electron chi connectivity index (χ2n) is 6.16. The van der Waals surface area contributed by atoms with Crippen LogP contribution in [0.25, 0.3) is 0 Å². The molecule has 3 heterocycles. The van der Waals surface area contributed by atoms with Gasteiger partial charge < -0.3 is 9.42 Å². The van der Waals surface area contributed by atoms with E-state index in [2.05, 4.69) is 10.5 Å². The van der Waals surface area contributed by atoms with Crippen LogP contribution in [0.3, 0.4) is 0 Å². The topological polar surface area (TPSA) is 75.4 Å². The molecule has 0 saturated carbocycles. The van der Waals surface area contributed by atoms with E-state index in [1.54, 1.807) is 16.7 Å². The molecule has 4 rings (SSSR count). The Kier molecular flexibility index (Phi) is 3.80. The fraction of sp³-hybridized carbons (Fsp3) is 0.353. The number of hydrogen-bond donors (Lipinski definition) is 1. The molecule has 0 spiro atoms. The van der Waals surface area contributed by atoms with Gasteiger partial charge in [-0.25, -0.2) is 0 Å². The SMILES string of the molecule is Cc1ccc(N2CC(C(=O)Nc3onc4c3CSC4)CC2=O)cc1. The number of thioether (sulfide) groups is 1. The van der Waals surface area contributed by atoms with Crippen molar-refractivity contribution in [2.45, 2.75) is 24.9 Å². The Morgan fingerprint density at radius 1 is 1.33 bits per heavy atom. The zero-order valence-electron chi connectivity index (χ0n) is 13.2. The lowest BCUT2D eigenvalue weighted by molar-refractivity contribution is -0.122. The number of carbonyl (C=O) groups excluding carboxylic acids is 2. The van der Waals surface area contributed by atoms with Crippen LogP contribution in [-0.4, -0.2) is 23.5 Å². The Balaban J connectivity index is 1.46. The second kappa shape index (κ2) is 5.98. The third kappa shape index (κ3) is 2.69. The van der Waals surface area contributed by atoms with Gasteiger partial charge in [-0.05, 0) is 19.1 Å². The molecular formula is C17H17N3O3S. The van der Waals surface area contributed by atoms with E-state index in [1.165, 1.54) is 0 Å². The Hall–Kier alpha value is -2.28. The lowest BCUT2D eigenvalue weighted by Crippen LogP contribution is -2.28. The molecule has 7 heteroatoms. The number of fused-ring (bicyclic) bond motifs is 1. The summed E-state index contributed by atoms with van der Waals surface area (Å²) in [5.41, 5.74) is 3.83. The monoisotopic (exact) mass is 343 g/mol. The highest BCUT2D eigenvalue weighted by Gasteiger charge is 2.36. The summed E-state index contributed by atoms with van der Waals surface area (Å²) >= 11 is 1.75. The summed E-state index contributed by atoms with van der Waals surface area (Å²) < 4.78 is 5.23. The molecule has 0 aliphatic carbocycles. The summed E-state index contributed by atoms with van der Waals surface area (Å²) in [6.45, 7) is 2.39. The summed E-state index contributed by atoms with van der Waals surface area (Å²) in [5.74, 6) is 1.45. The van der Waals surface area contributed by atoms with Gasteiger partial charge >= 0.3 is 0 Å². The zero-order chi connectivity index (χ0) is 16.7. The summed E-state index contributed by atoms with van der Waals surface area (Å²) in [6.07, 6.45) is 0.213. The van der Waals surface area contributed by atoms with Crippen LogP contribution in [0.15, 0.2) is 28.8 Å². The minimum Gasteiger partial charge on any atom is -0.338 e.